The predicted octanol–water partition coefficient (Wildman–Crippen LogP) is 4.93. The van der Waals surface area contributed by atoms with E-state index in [0.29, 0.717) is 11.8 Å². The van der Waals surface area contributed by atoms with E-state index in [1.807, 2.05) is 25.8 Å². The maximum Gasteiger partial charge on any atom is 0.418 e. The molecule has 1 saturated heterocycles. The van der Waals surface area contributed by atoms with Gasteiger partial charge in [0.25, 0.3) is 0 Å². The summed E-state index contributed by atoms with van der Waals surface area (Å²) in [5.41, 5.74) is -2.92. The molecule has 162 valence electrons. The van der Waals surface area contributed by atoms with Gasteiger partial charge in [0, 0.05) is 38.3 Å². The molecule has 4 nitrogen and oxygen atoms in total. The zero-order valence-electron chi connectivity index (χ0n) is 16.5. The quantitative estimate of drug-likeness (QED) is 0.713. The third-order valence-corrected chi connectivity index (χ3v) is 4.59. The summed E-state index contributed by atoms with van der Waals surface area (Å²) in [6, 6.07) is 0.752. The average molecular weight is 422 g/mol. The van der Waals surface area contributed by atoms with Gasteiger partial charge in [0.15, 0.2) is 0 Å². The molecule has 0 amide bonds. The first-order chi connectivity index (χ1) is 13.4. The summed E-state index contributed by atoms with van der Waals surface area (Å²) in [6.45, 7) is 11.0. The van der Waals surface area contributed by atoms with Gasteiger partial charge in [-0.05, 0) is 19.2 Å². The molecule has 1 fully saturated rings. The van der Waals surface area contributed by atoms with E-state index in [9.17, 15) is 26.3 Å². The molecule has 0 aliphatic carbocycles. The van der Waals surface area contributed by atoms with Crippen molar-refractivity contribution in [3.8, 4) is 0 Å². The monoisotopic (exact) mass is 422 g/mol. The van der Waals surface area contributed by atoms with Crippen LogP contribution in [0.25, 0.3) is 11.0 Å². The first-order valence-electron chi connectivity index (χ1n) is 9.23. The number of hydrogen-bond acceptors (Lipinski definition) is 3. The van der Waals surface area contributed by atoms with Crippen LogP contribution in [0.15, 0.2) is 24.4 Å². The molecule has 29 heavy (non-hydrogen) atoms. The van der Waals surface area contributed by atoms with Crippen LogP contribution in [-0.4, -0.2) is 53.0 Å². The SMILES string of the molecule is C=C(Cc1nc2c(C(F)(F)F)cc(C(F)(F)F)cc2[nH]1)N1CCN(C)CC1.CC. The van der Waals surface area contributed by atoms with Crippen molar-refractivity contribution in [2.45, 2.75) is 32.6 Å². The van der Waals surface area contributed by atoms with E-state index >= 15 is 0 Å². The Morgan fingerprint density at radius 2 is 1.62 bits per heavy atom. The van der Waals surface area contributed by atoms with E-state index in [1.54, 1.807) is 0 Å². The van der Waals surface area contributed by atoms with Crippen molar-refractivity contribution in [1.29, 1.82) is 0 Å². The molecule has 2 heterocycles. The number of piperazine rings is 1. The zero-order valence-corrected chi connectivity index (χ0v) is 16.5. The van der Waals surface area contributed by atoms with Gasteiger partial charge in [-0.2, -0.15) is 26.3 Å². The Hall–Kier alpha value is -2.23. The first kappa shape index (κ1) is 23.1. The first-order valence-corrected chi connectivity index (χ1v) is 9.23. The summed E-state index contributed by atoms with van der Waals surface area (Å²) in [7, 11) is 1.98. The largest absolute Gasteiger partial charge is 0.418 e. The lowest BCUT2D eigenvalue weighted by Gasteiger charge is -2.35. The van der Waals surface area contributed by atoms with Gasteiger partial charge in [0.2, 0.25) is 0 Å². The fourth-order valence-corrected chi connectivity index (χ4v) is 3.06. The van der Waals surface area contributed by atoms with Crippen molar-refractivity contribution in [2.24, 2.45) is 0 Å². The molecule has 0 spiro atoms. The minimum atomic E-state index is -4.94. The molecule has 0 radical (unpaired) electrons. The molecule has 1 aromatic heterocycles. The van der Waals surface area contributed by atoms with Crippen LogP contribution in [0.2, 0.25) is 0 Å². The average Bonchev–Trinajstić information content (AvgIpc) is 3.03. The summed E-state index contributed by atoms with van der Waals surface area (Å²) in [5, 5.41) is 0. The Morgan fingerprint density at radius 3 is 2.14 bits per heavy atom. The van der Waals surface area contributed by atoms with Gasteiger partial charge in [-0.1, -0.05) is 20.4 Å². The second-order valence-electron chi connectivity index (χ2n) is 6.63. The Labute approximate surface area is 165 Å². The van der Waals surface area contributed by atoms with E-state index in [2.05, 4.69) is 21.4 Å². The van der Waals surface area contributed by atoms with Gasteiger partial charge in [0.1, 0.15) is 11.3 Å². The number of halogens is 6. The topological polar surface area (TPSA) is 35.2 Å². The molecule has 10 heteroatoms. The molecule has 1 N–H and O–H groups in total. The number of nitrogens with one attached hydrogen (secondary N) is 1. The number of fused-ring (bicyclic) bond motifs is 1. The molecular formula is C19H24F6N4. The Kier molecular flexibility index (Phi) is 6.87. The van der Waals surface area contributed by atoms with Crippen LogP contribution in [0, 0.1) is 0 Å². The second-order valence-corrected chi connectivity index (χ2v) is 6.63. The highest BCUT2D eigenvalue weighted by molar-refractivity contribution is 5.80. The number of nitrogens with zero attached hydrogens (tertiary/aromatic N) is 3. The van der Waals surface area contributed by atoms with Crippen LogP contribution in [-0.2, 0) is 18.8 Å². The molecule has 0 saturated carbocycles. The molecule has 1 aliphatic rings. The van der Waals surface area contributed by atoms with Crippen molar-refractivity contribution in [2.75, 3.05) is 33.2 Å². The van der Waals surface area contributed by atoms with Gasteiger partial charge < -0.3 is 14.8 Å². The molecule has 2 aromatic rings. The molecule has 1 aliphatic heterocycles. The number of aromatic amines is 1. The number of H-pyrrole nitrogens is 1. The summed E-state index contributed by atoms with van der Waals surface area (Å²) in [5.74, 6) is 0.152. The predicted molar refractivity (Wildman–Crippen MR) is 99.4 cm³/mol. The summed E-state index contributed by atoms with van der Waals surface area (Å²) >= 11 is 0. The number of imidazole rings is 1. The third kappa shape index (κ3) is 5.43. The lowest BCUT2D eigenvalue weighted by atomic mass is 10.1. The highest BCUT2D eigenvalue weighted by Gasteiger charge is 2.39. The van der Waals surface area contributed by atoms with E-state index in [0.717, 1.165) is 26.2 Å². The summed E-state index contributed by atoms with van der Waals surface area (Å²) in [4.78, 5) is 10.6. The van der Waals surface area contributed by atoms with Crippen LogP contribution in [0.4, 0.5) is 26.3 Å². The lowest BCUT2D eigenvalue weighted by Crippen LogP contribution is -2.43. The molecule has 1 aromatic carbocycles. The third-order valence-electron chi connectivity index (χ3n) is 4.59. The van der Waals surface area contributed by atoms with Gasteiger partial charge in [-0.3, -0.25) is 0 Å². The number of allylic oxidation sites excluding steroid dienone is 1. The van der Waals surface area contributed by atoms with E-state index in [4.69, 9.17) is 0 Å². The normalized spacial score (nSPS) is 16.0. The minimum Gasteiger partial charge on any atom is -0.372 e. The smallest absolute Gasteiger partial charge is 0.372 e. The van der Waals surface area contributed by atoms with E-state index < -0.39 is 29.0 Å². The van der Waals surface area contributed by atoms with Crippen LogP contribution in [0.5, 0.6) is 0 Å². The van der Waals surface area contributed by atoms with Crippen LogP contribution < -0.4 is 0 Å². The molecule has 0 bridgehead atoms. The number of hydrogen-bond donors (Lipinski definition) is 1. The van der Waals surface area contributed by atoms with E-state index in [-0.39, 0.29) is 23.8 Å². The van der Waals surface area contributed by atoms with Crippen molar-refractivity contribution < 1.29 is 26.3 Å². The van der Waals surface area contributed by atoms with Gasteiger partial charge >= 0.3 is 12.4 Å². The standard InChI is InChI=1S/C17H18F6N4.C2H6/c1-10(27-5-3-26(2)4-6-27)7-14-24-13-9-11(16(18,19)20)8-12(15(13)25-14)17(21,22)23;1-2/h8-9H,1,3-7H2,2H3,(H,24,25);1-2H3. The maximum atomic E-state index is 13.2. The van der Waals surface area contributed by atoms with Crippen molar-refractivity contribution in [3.63, 3.8) is 0 Å². The van der Waals surface area contributed by atoms with Gasteiger partial charge in [-0.15, -0.1) is 0 Å². The number of aromatic nitrogens is 2. The number of benzene rings is 1. The summed E-state index contributed by atoms with van der Waals surface area (Å²) < 4.78 is 78.5. The Balaban J connectivity index is 0.00000145. The van der Waals surface area contributed by atoms with E-state index in [1.165, 1.54) is 0 Å². The van der Waals surface area contributed by atoms with Crippen molar-refractivity contribution >= 4 is 11.0 Å². The highest BCUT2D eigenvalue weighted by Crippen LogP contribution is 2.39. The van der Waals surface area contributed by atoms with Crippen LogP contribution >= 0.6 is 0 Å². The minimum absolute atomic E-state index is 0.0994. The fourth-order valence-electron chi connectivity index (χ4n) is 3.06. The van der Waals surface area contributed by atoms with Crippen LogP contribution in [0.1, 0.15) is 30.8 Å². The molecular weight excluding hydrogens is 398 g/mol. The maximum absolute atomic E-state index is 13.2. The Bertz CT molecular complexity index is 845. The van der Waals surface area contributed by atoms with Crippen LogP contribution in [0.3, 0.4) is 0 Å². The Morgan fingerprint density at radius 1 is 1.03 bits per heavy atom. The molecule has 0 atom stereocenters. The highest BCUT2D eigenvalue weighted by atomic mass is 19.4. The second kappa shape index (κ2) is 8.64. The number of alkyl halides is 6. The summed E-state index contributed by atoms with van der Waals surface area (Å²) in [6.07, 6.45) is -9.69. The molecule has 3 rings (SSSR count). The number of rotatable bonds is 3. The molecule has 0 unspecified atom stereocenters. The zero-order chi connectivity index (χ0) is 22.0. The lowest BCUT2D eigenvalue weighted by molar-refractivity contribution is -0.142. The van der Waals surface area contributed by atoms with Crippen molar-refractivity contribution in [3.05, 3.63) is 41.4 Å². The van der Waals surface area contributed by atoms with Gasteiger partial charge in [-0.25, -0.2) is 4.98 Å². The number of likely N-dealkylation sites (N-methyl/N-ethyl adjacent to an activating group) is 1. The van der Waals surface area contributed by atoms with Gasteiger partial charge in [0.05, 0.1) is 16.6 Å². The fraction of sp³-hybridized carbons (Fsp3) is 0.526. The van der Waals surface area contributed by atoms with Crippen molar-refractivity contribution in [1.82, 2.24) is 19.8 Å².